The van der Waals surface area contributed by atoms with Crippen molar-refractivity contribution in [2.45, 2.75) is 13.0 Å². The van der Waals surface area contributed by atoms with Gasteiger partial charge in [-0.1, -0.05) is 0 Å². The lowest BCUT2D eigenvalue weighted by Gasteiger charge is -2.08. The minimum Gasteiger partial charge on any atom is -0.381 e. The minimum atomic E-state index is 0.687. The van der Waals surface area contributed by atoms with Crippen molar-refractivity contribution >= 4 is 16.5 Å². The zero-order chi connectivity index (χ0) is 11.4. The van der Waals surface area contributed by atoms with E-state index in [0.29, 0.717) is 5.92 Å². The van der Waals surface area contributed by atoms with Crippen LogP contribution in [0.3, 0.4) is 0 Å². The molecule has 1 saturated heterocycles. The van der Waals surface area contributed by atoms with E-state index in [1.54, 1.807) is 11.3 Å². The summed E-state index contributed by atoms with van der Waals surface area (Å²) in [4.78, 5) is 6.57. The number of nitrogens with zero attached hydrogens (tertiary/aromatic N) is 2. The average molecular weight is 241 g/mol. The molecule has 0 radical (unpaired) electrons. The lowest BCUT2D eigenvalue weighted by molar-refractivity contribution is 0.185. The van der Waals surface area contributed by atoms with E-state index in [4.69, 9.17) is 4.74 Å². The minimum absolute atomic E-state index is 0.687. The van der Waals surface area contributed by atoms with Crippen LogP contribution in [0.25, 0.3) is 0 Å². The van der Waals surface area contributed by atoms with Crippen LogP contribution in [0.2, 0.25) is 0 Å². The highest BCUT2D eigenvalue weighted by Gasteiger charge is 2.14. The van der Waals surface area contributed by atoms with E-state index in [9.17, 15) is 0 Å². The molecule has 16 heavy (non-hydrogen) atoms. The Morgan fingerprint density at radius 1 is 1.62 bits per heavy atom. The average Bonchev–Trinajstić information content (AvgIpc) is 2.87. The Hall–Kier alpha value is -0.650. The molecule has 2 heterocycles. The number of nitrogens with one attached hydrogen (secondary N) is 1. The van der Waals surface area contributed by atoms with Crippen LogP contribution in [0.15, 0.2) is 5.38 Å². The molecule has 0 saturated carbocycles. The Morgan fingerprint density at radius 2 is 2.50 bits per heavy atom. The molecule has 0 bridgehead atoms. The Labute approximate surface area is 101 Å². The maximum Gasteiger partial charge on any atom is 0.185 e. The van der Waals surface area contributed by atoms with E-state index >= 15 is 0 Å². The van der Waals surface area contributed by atoms with Gasteiger partial charge in [0.25, 0.3) is 0 Å². The number of aromatic nitrogens is 1. The van der Waals surface area contributed by atoms with Crippen molar-refractivity contribution in [3.05, 3.63) is 11.1 Å². The molecule has 0 aliphatic carbocycles. The Bertz CT molecular complexity index is 321. The van der Waals surface area contributed by atoms with Crippen molar-refractivity contribution in [2.75, 3.05) is 38.8 Å². The highest BCUT2D eigenvalue weighted by molar-refractivity contribution is 7.13. The quantitative estimate of drug-likeness (QED) is 0.844. The molecule has 5 heteroatoms. The normalized spacial score (nSPS) is 20.2. The van der Waals surface area contributed by atoms with Gasteiger partial charge in [0, 0.05) is 39.2 Å². The topological polar surface area (TPSA) is 37.4 Å². The van der Waals surface area contributed by atoms with Crippen molar-refractivity contribution in [3.63, 3.8) is 0 Å². The molecule has 1 N–H and O–H groups in total. The van der Waals surface area contributed by atoms with Crippen molar-refractivity contribution in [1.82, 2.24) is 10.3 Å². The summed E-state index contributed by atoms with van der Waals surface area (Å²) >= 11 is 1.69. The van der Waals surface area contributed by atoms with Gasteiger partial charge in [0.1, 0.15) is 0 Å². The van der Waals surface area contributed by atoms with Gasteiger partial charge < -0.3 is 15.0 Å². The van der Waals surface area contributed by atoms with Gasteiger partial charge in [0.2, 0.25) is 0 Å². The van der Waals surface area contributed by atoms with Crippen LogP contribution < -0.4 is 10.2 Å². The second-order valence-electron chi connectivity index (χ2n) is 4.38. The number of ether oxygens (including phenoxy) is 1. The number of thiazole rings is 1. The molecule has 0 aromatic carbocycles. The van der Waals surface area contributed by atoms with E-state index < -0.39 is 0 Å². The second-order valence-corrected chi connectivity index (χ2v) is 5.21. The van der Waals surface area contributed by atoms with Crippen molar-refractivity contribution in [2.24, 2.45) is 5.92 Å². The van der Waals surface area contributed by atoms with Crippen LogP contribution in [-0.2, 0) is 11.3 Å². The number of hydrogen-bond donors (Lipinski definition) is 1. The first kappa shape index (κ1) is 11.8. The van der Waals surface area contributed by atoms with Crippen LogP contribution in [0.5, 0.6) is 0 Å². The number of rotatable bonds is 5. The lowest BCUT2D eigenvalue weighted by Crippen LogP contribution is -2.22. The summed E-state index contributed by atoms with van der Waals surface area (Å²) in [6.07, 6.45) is 1.19. The fourth-order valence-electron chi connectivity index (χ4n) is 1.73. The van der Waals surface area contributed by atoms with Crippen molar-refractivity contribution in [1.29, 1.82) is 0 Å². The first-order valence-electron chi connectivity index (χ1n) is 5.66. The van der Waals surface area contributed by atoms with Gasteiger partial charge in [-0.3, -0.25) is 0 Å². The molecular weight excluding hydrogens is 222 g/mol. The van der Waals surface area contributed by atoms with Crippen LogP contribution in [0.4, 0.5) is 5.13 Å². The fourth-order valence-corrected chi connectivity index (χ4v) is 2.49. The zero-order valence-corrected chi connectivity index (χ0v) is 10.7. The monoisotopic (exact) mass is 241 g/mol. The predicted molar refractivity (Wildman–Crippen MR) is 67.1 cm³/mol. The second kappa shape index (κ2) is 5.61. The third kappa shape index (κ3) is 3.17. The van der Waals surface area contributed by atoms with E-state index in [2.05, 4.69) is 15.7 Å². The van der Waals surface area contributed by atoms with Gasteiger partial charge in [0.15, 0.2) is 5.13 Å². The van der Waals surface area contributed by atoms with Crippen molar-refractivity contribution in [3.8, 4) is 0 Å². The van der Waals surface area contributed by atoms with Gasteiger partial charge in [-0.25, -0.2) is 4.98 Å². The molecule has 1 aromatic rings. The van der Waals surface area contributed by atoms with E-state index in [1.807, 2.05) is 19.0 Å². The van der Waals surface area contributed by atoms with Crippen LogP contribution in [0, 0.1) is 5.92 Å². The largest absolute Gasteiger partial charge is 0.381 e. The van der Waals surface area contributed by atoms with Crippen LogP contribution in [-0.4, -0.2) is 38.8 Å². The summed E-state index contributed by atoms with van der Waals surface area (Å²) in [5, 5.41) is 6.63. The van der Waals surface area contributed by atoms with E-state index in [1.165, 1.54) is 6.42 Å². The van der Waals surface area contributed by atoms with Crippen LogP contribution in [0.1, 0.15) is 12.1 Å². The first-order valence-corrected chi connectivity index (χ1v) is 6.54. The summed E-state index contributed by atoms with van der Waals surface area (Å²) in [6.45, 7) is 3.73. The van der Waals surface area contributed by atoms with Crippen LogP contribution >= 0.6 is 11.3 Å². The van der Waals surface area contributed by atoms with Gasteiger partial charge >= 0.3 is 0 Å². The molecule has 1 atom stereocenters. The third-order valence-electron chi connectivity index (χ3n) is 2.69. The Balaban J connectivity index is 1.72. The summed E-state index contributed by atoms with van der Waals surface area (Å²) < 4.78 is 5.34. The molecule has 0 spiro atoms. The smallest absolute Gasteiger partial charge is 0.185 e. The third-order valence-corrected chi connectivity index (χ3v) is 3.74. The zero-order valence-electron chi connectivity index (χ0n) is 9.90. The number of anilines is 1. The molecule has 1 unspecified atom stereocenters. The lowest BCUT2D eigenvalue weighted by atomic mass is 10.1. The summed E-state index contributed by atoms with van der Waals surface area (Å²) in [7, 11) is 4.04. The molecule has 1 fully saturated rings. The molecule has 1 aromatic heterocycles. The van der Waals surface area contributed by atoms with Crippen molar-refractivity contribution < 1.29 is 4.74 Å². The first-order chi connectivity index (χ1) is 7.75. The molecule has 0 amide bonds. The Morgan fingerprint density at radius 3 is 3.12 bits per heavy atom. The SMILES string of the molecule is CN(C)c1nc(CNCC2CCOC2)cs1. The maximum absolute atomic E-state index is 5.34. The van der Waals surface area contributed by atoms with Gasteiger partial charge in [-0.05, 0) is 12.3 Å². The molecule has 90 valence electrons. The standard InChI is InChI=1S/C11H19N3OS/c1-14(2)11-13-10(8-16-11)6-12-5-9-3-4-15-7-9/h8-9,12H,3-7H2,1-2H3. The van der Waals surface area contributed by atoms with E-state index in [0.717, 1.165) is 37.1 Å². The molecule has 1 aliphatic heterocycles. The molecule has 2 rings (SSSR count). The maximum atomic E-state index is 5.34. The fraction of sp³-hybridized carbons (Fsp3) is 0.727. The van der Waals surface area contributed by atoms with Gasteiger partial charge in [-0.15, -0.1) is 11.3 Å². The molecular formula is C11H19N3OS. The summed E-state index contributed by atoms with van der Waals surface area (Å²) in [6, 6.07) is 0. The molecule has 1 aliphatic rings. The summed E-state index contributed by atoms with van der Waals surface area (Å²) in [5.41, 5.74) is 1.13. The van der Waals surface area contributed by atoms with Gasteiger partial charge in [-0.2, -0.15) is 0 Å². The predicted octanol–water partition coefficient (Wildman–Crippen LogP) is 1.34. The van der Waals surface area contributed by atoms with E-state index in [-0.39, 0.29) is 0 Å². The number of hydrogen-bond acceptors (Lipinski definition) is 5. The molecule has 4 nitrogen and oxygen atoms in total. The Kier molecular flexibility index (Phi) is 4.15. The highest BCUT2D eigenvalue weighted by Crippen LogP contribution is 2.18. The van der Waals surface area contributed by atoms with Gasteiger partial charge in [0.05, 0.1) is 12.3 Å². The highest BCUT2D eigenvalue weighted by atomic mass is 32.1. The summed E-state index contributed by atoms with van der Waals surface area (Å²) in [5.74, 6) is 0.687.